The summed E-state index contributed by atoms with van der Waals surface area (Å²) in [4.78, 5) is 0. The van der Waals surface area contributed by atoms with Crippen molar-refractivity contribution in [3.63, 3.8) is 0 Å². The zero-order valence-corrected chi connectivity index (χ0v) is 7.83. The SMILES string of the molecule is COc1cccc2c1NC(C)CO2. The van der Waals surface area contributed by atoms with E-state index in [1.54, 1.807) is 7.11 Å². The zero-order valence-electron chi connectivity index (χ0n) is 7.83. The largest absolute Gasteiger partial charge is 0.494 e. The van der Waals surface area contributed by atoms with Crippen LogP contribution >= 0.6 is 0 Å². The molecule has 1 atom stereocenters. The first-order chi connectivity index (χ1) is 6.31. The predicted octanol–water partition coefficient (Wildman–Crippen LogP) is 1.89. The van der Waals surface area contributed by atoms with E-state index < -0.39 is 0 Å². The van der Waals surface area contributed by atoms with E-state index in [0.29, 0.717) is 12.6 Å². The molecule has 1 aromatic carbocycles. The normalized spacial score (nSPS) is 19.7. The van der Waals surface area contributed by atoms with Gasteiger partial charge in [0.05, 0.1) is 13.2 Å². The molecule has 1 aromatic rings. The number of anilines is 1. The molecule has 0 amide bonds. The number of hydrogen-bond acceptors (Lipinski definition) is 3. The lowest BCUT2D eigenvalue weighted by molar-refractivity contribution is 0.288. The first-order valence-corrected chi connectivity index (χ1v) is 4.37. The van der Waals surface area contributed by atoms with Crippen molar-refractivity contribution in [2.24, 2.45) is 0 Å². The maximum Gasteiger partial charge on any atom is 0.146 e. The van der Waals surface area contributed by atoms with Gasteiger partial charge in [0.25, 0.3) is 0 Å². The molecule has 1 N–H and O–H groups in total. The number of para-hydroxylation sites is 1. The number of hydrogen-bond donors (Lipinski definition) is 1. The summed E-state index contributed by atoms with van der Waals surface area (Å²) in [6.45, 7) is 2.79. The van der Waals surface area contributed by atoms with Crippen LogP contribution in [-0.4, -0.2) is 19.8 Å². The smallest absolute Gasteiger partial charge is 0.146 e. The van der Waals surface area contributed by atoms with E-state index in [4.69, 9.17) is 9.47 Å². The van der Waals surface area contributed by atoms with Crippen LogP contribution in [0.3, 0.4) is 0 Å². The van der Waals surface area contributed by atoms with Crippen molar-refractivity contribution in [2.45, 2.75) is 13.0 Å². The Hall–Kier alpha value is -1.38. The molecule has 0 aliphatic carbocycles. The van der Waals surface area contributed by atoms with Crippen LogP contribution in [0.5, 0.6) is 11.5 Å². The lowest BCUT2D eigenvalue weighted by atomic mass is 10.2. The number of methoxy groups -OCH3 is 1. The average molecular weight is 179 g/mol. The van der Waals surface area contributed by atoms with Gasteiger partial charge in [-0.25, -0.2) is 0 Å². The molecule has 0 aromatic heterocycles. The topological polar surface area (TPSA) is 30.5 Å². The van der Waals surface area contributed by atoms with E-state index in [-0.39, 0.29) is 0 Å². The molecule has 0 radical (unpaired) electrons. The van der Waals surface area contributed by atoms with Crippen molar-refractivity contribution >= 4 is 5.69 Å². The maximum atomic E-state index is 5.54. The minimum atomic E-state index is 0.337. The fraction of sp³-hybridized carbons (Fsp3) is 0.400. The Bertz CT molecular complexity index is 298. The number of fused-ring (bicyclic) bond motifs is 1. The number of nitrogens with one attached hydrogen (secondary N) is 1. The van der Waals surface area contributed by atoms with Crippen molar-refractivity contribution in [2.75, 3.05) is 19.0 Å². The van der Waals surface area contributed by atoms with E-state index in [9.17, 15) is 0 Å². The molecule has 0 bridgehead atoms. The van der Waals surface area contributed by atoms with Crippen molar-refractivity contribution in [3.8, 4) is 11.5 Å². The molecule has 1 unspecified atom stereocenters. The standard InChI is InChI=1S/C10H13NO2/c1-7-6-13-9-5-3-4-8(12-2)10(9)11-7/h3-5,7,11H,6H2,1-2H3. The molecule has 70 valence electrons. The third-order valence-corrected chi connectivity index (χ3v) is 2.09. The van der Waals surface area contributed by atoms with E-state index in [1.165, 1.54) is 0 Å². The van der Waals surface area contributed by atoms with Crippen molar-refractivity contribution in [3.05, 3.63) is 18.2 Å². The monoisotopic (exact) mass is 179 g/mol. The molecule has 0 saturated carbocycles. The van der Waals surface area contributed by atoms with Gasteiger partial charge in [0.2, 0.25) is 0 Å². The second-order valence-electron chi connectivity index (χ2n) is 3.19. The minimum Gasteiger partial charge on any atom is -0.494 e. The lowest BCUT2D eigenvalue weighted by Crippen LogP contribution is -2.28. The molecule has 2 rings (SSSR count). The van der Waals surface area contributed by atoms with E-state index >= 15 is 0 Å². The van der Waals surface area contributed by atoms with Crippen LogP contribution in [0.4, 0.5) is 5.69 Å². The van der Waals surface area contributed by atoms with Gasteiger partial charge in [-0.1, -0.05) is 6.07 Å². The molecular formula is C10H13NO2. The highest BCUT2D eigenvalue weighted by Crippen LogP contribution is 2.36. The summed E-state index contributed by atoms with van der Waals surface area (Å²) in [6, 6.07) is 6.13. The summed E-state index contributed by atoms with van der Waals surface area (Å²) in [5.41, 5.74) is 0.962. The minimum absolute atomic E-state index is 0.337. The maximum absolute atomic E-state index is 5.54. The molecule has 0 saturated heterocycles. The van der Waals surface area contributed by atoms with Crippen LogP contribution in [0, 0.1) is 0 Å². The number of rotatable bonds is 1. The molecule has 0 spiro atoms. The highest BCUT2D eigenvalue weighted by Gasteiger charge is 2.18. The summed E-state index contributed by atoms with van der Waals surface area (Å²) >= 11 is 0. The van der Waals surface area contributed by atoms with E-state index in [1.807, 2.05) is 18.2 Å². The molecule has 3 heteroatoms. The van der Waals surface area contributed by atoms with Crippen LogP contribution in [0.25, 0.3) is 0 Å². The van der Waals surface area contributed by atoms with Crippen LogP contribution < -0.4 is 14.8 Å². The fourth-order valence-corrected chi connectivity index (χ4v) is 1.45. The summed E-state index contributed by atoms with van der Waals surface area (Å²) < 4.78 is 10.8. The lowest BCUT2D eigenvalue weighted by Gasteiger charge is -2.26. The van der Waals surface area contributed by atoms with Crippen LogP contribution in [0.2, 0.25) is 0 Å². The van der Waals surface area contributed by atoms with Gasteiger partial charge in [0.15, 0.2) is 0 Å². The molecule has 3 nitrogen and oxygen atoms in total. The van der Waals surface area contributed by atoms with Crippen LogP contribution in [0.15, 0.2) is 18.2 Å². The Morgan fingerprint density at radius 2 is 2.38 bits per heavy atom. The molecule has 1 aliphatic heterocycles. The van der Waals surface area contributed by atoms with Gasteiger partial charge >= 0.3 is 0 Å². The molecule has 0 fully saturated rings. The highest BCUT2D eigenvalue weighted by atomic mass is 16.5. The molecule has 1 heterocycles. The van der Waals surface area contributed by atoms with Gasteiger partial charge < -0.3 is 14.8 Å². The van der Waals surface area contributed by atoms with Crippen LogP contribution in [0.1, 0.15) is 6.92 Å². The van der Waals surface area contributed by atoms with Gasteiger partial charge in [0, 0.05) is 0 Å². The second-order valence-corrected chi connectivity index (χ2v) is 3.19. The molecule has 13 heavy (non-hydrogen) atoms. The fourth-order valence-electron chi connectivity index (χ4n) is 1.45. The molecular weight excluding hydrogens is 166 g/mol. The summed E-state index contributed by atoms with van der Waals surface area (Å²) in [5.74, 6) is 1.71. The van der Waals surface area contributed by atoms with Gasteiger partial charge in [0.1, 0.15) is 23.8 Å². The van der Waals surface area contributed by atoms with Gasteiger partial charge in [-0.3, -0.25) is 0 Å². The number of benzene rings is 1. The van der Waals surface area contributed by atoms with Crippen molar-refractivity contribution < 1.29 is 9.47 Å². The van der Waals surface area contributed by atoms with Crippen molar-refractivity contribution in [1.82, 2.24) is 0 Å². The van der Waals surface area contributed by atoms with Gasteiger partial charge in [-0.05, 0) is 19.1 Å². The summed E-state index contributed by atoms with van der Waals surface area (Å²) in [7, 11) is 1.66. The predicted molar refractivity (Wildman–Crippen MR) is 51.6 cm³/mol. The van der Waals surface area contributed by atoms with Gasteiger partial charge in [-0.15, -0.1) is 0 Å². The Balaban J connectivity index is 2.41. The first kappa shape index (κ1) is 8.23. The average Bonchev–Trinajstić information content (AvgIpc) is 2.17. The number of ether oxygens (including phenoxy) is 2. The Morgan fingerprint density at radius 1 is 1.54 bits per heavy atom. The van der Waals surface area contributed by atoms with E-state index in [0.717, 1.165) is 17.2 Å². The summed E-state index contributed by atoms with van der Waals surface area (Å²) in [6.07, 6.45) is 0. The van der Waals surface area contributed by atoms with E-state index in [2.05, 4.69) is 12.2 Å². The highest BCUT2D eigenvalue weighted by molar-refractivity contribution is 5.67. The Kier molecular flexibility index (Phi) is 2.00. The van der Waals surface area contributed by atoms with Crippen LogP contribution in [-0.2, 0) is 0 Å². The zero-order chi connectivity index (χ0) is 9.26. The third kappa shape index (κ3) is 1.41. The molecule has 1 aliphatic rings. The Labute approximate surface area is 77.7 Å². The first-order valence-electron chi connectivity index (χ1n) is 4.37. The third-order valence-electron chi connectivity index (χ3n) is 2.09. The van der Waals surface area contributed by atoms with Gasteiger partial charge in [-0.2, -0.15) is 0 Å². The Morgan fingerprint density at radius 3 is 3.15 bits per heavy atom. The second kappa shape index (κ2) is 3.17. The van der Waals surface area contributed by atoms with Crippen molar-refractivity contribution in [1.29, 1.82) is 0 Å². The quantitative estimate of drug-likeness (QED) is 0.714. The summed E-state index contributed by atoms with van der Waals surface area (Å²) in [5, 5.41) is 3.33.